The van der Waals surface area contributed by atoms with E-state index in [0.717, 1.165) is 11.1 Å². The Balaban J connectivity index is 1.76. The predicted molar refractivity (Wildman–Crippen MR) is 67.7 cm³/mol. The quantitative estimate of drug-likeness (QED) is 0.848. The average Bonchev–Trinajstić information content (AvgIpc) is 3.06. The molecule has 1 aromatic carbocycles. The SMILES string of the molecule is O=C(O)C1CCC(C(=O)c2ccc3c(c2)COC3)C1. The van der Waals surface area contributed by atoms with Crippen LogP contribution in [0.3, 0.4) is 0 Å². The summed E-state index contributed by atoms with van der Waals surface area (Å²) in [4.78, 5) is 23.3. The van der Waals surface area contributed by atoms with Gasteiger partial charge >= 0.3 is 5.97 Å². The second-order valence-electron chi connectivity index (χ2n) is 5.39. The van der Waals surface area contributed by atoms with Gasteiger partial charge < -0.3 is 9.84 Å². The Morgan fingerprint density at radius 3 is 2.58 bits per heavy atom. The second-order valence-corrected chi connectivity index (χ2v) is 5.39. The molecule has 0 amide bonds. The van der Waals surface area contributed by atoms with Crippen molar-refractivity contribution < 1.29 is 19.4 Å². The summed E-state index contributed by atoms with van der Waals surface area (Å²) in [5, 5.41) is 8.98. The number of fused-ring (bicyclic) bond motifs is 1. The number of hydrogen-bond acceptors (Lipinski definition) is 3. The fraction of sp³-hybridized carbons (Fsp3) is 0.467. The monoisotopic (exact) mass is 260 g/mol. The molecular formula is C15H16O4. The third-order valence-electron chi connectivity index (χ3n) is 4.16. The highest BCUT2D eigenvalue weighted by atomic mass is 16.5. The number of benzene rings is 1. The fourth-order valence-corrected chi connectivity index (χ4v) is 3.00. The molecule has 1 aromatic rings. The first kappa shape index (κ1) is 12.4. The number of ether oxygens (including phenoxy) is 1. The Bertz CT molecular complexity index is 535. The van der Waals surface area contributed by atoms with Crippen LogP contribution in [0, 0.1) is 11.8 Å². The average molecular weight is 260 g/mol. The zero-order valence-electron chi connectivity index (χ0n) is 10.6. The molecule has 1 aliphatic carbocycles. The van der Waals surface area contributed by atoms with Crippen molar-refractivity contribution in [2.75, 3.05) is 0 Å². The maximum absolute atomic E-state index is 12.4. The summed E-state index contributed by atoms with van der Waals surface area (Å²) in [7, 11) is 0. The third kappa shape index (κ3) is 2.28. The summed E-state index contributed by atoms with van der Waals surface area (Å²) >= 11 is 0. The van der Waals surface area contributed by atoms with Gasteiger partial charge in [0.25, 0.3) is 0 Å². The summed E-state index contributed by atoms with van der Waals surface area (Å²) < 4.78 is 5.33. The lowest BCUT2D eigenvalue weighted by Gasteiger charge is -2.09. The maximum Gasteiger partial charge on any atom is 0.306 e. The van der Waals surface area contributed by atoms with E-state index in [1.807, 2.05) is 18.2 Å². The molecule has 4 heteroatoms. The van der Waals surface area contributed by atoms with Crippen LogP contribution in [-0.4, -0.2) is 16.9 Å². The van der Waals surface area contributed by atoms with Crippen LogP contribution in [0.2, 0.25) is 0 Å². The topological polar surface area (TPSA) is 63.6 Å². The first-order valence-corrected chi connectivity index (χ1v) is 6.61. The maximum atomic E-state index is 12.4. The van der Waals surface area contributed by atoms with Crippen molar-refractivity contribution in [2.45, 2.75) is 32.5 Å². The molecule has 1 saturated carbocycles. The number of ketones is 1. The largest absolute Gasteiger partial charge is 0.481 e. The van der Waals surface area contributed by atoms with Gasteiger partial charge in [-0.3, -0.25) is 9.59 Å². The van der Waals surface area contributed by atoms with E-state index in [2.05, 4.69) is 0 Å². The van der Waals surface area contributed by atoms with Crippen molar-refractivity contribution in [3.05, 3.63) is 34.9 Å². The van der Waals surface area contributed by atoms with E-state index in [1.165, 1.54) is 0 Å². The number of aliphatic carboxylic acids is 1. The summed E-state index contributed by atoms with van der Waals surface area (Å²) in [6.07, 6.45) is 1.77. The molecule has 0 aromatic heterocycles. The van der Waals surface area contributed by atoms with Gasteiger partial charge in [-0.1, -0.05) is 12.1 Å². The molecule has 3 rings (SSSR count). The van der Waals surface area contributed by atoms with Crippen LogP contribution in [0.1, 0.15) is 40.7 Å². The molecule has 4 nitrogen and oxygen atoms in total. The number of rotatable bonds is 3. The van der Waals surface area contributed by atoms with Crippen molar-refractivity contribution >= 4 is 11.8 Å². The zero-order valence-corrected chi connectivity index (χ0v) is 10.6. The lowest BCUT2D eigenvalue weighted by atomic mass is 9.93. The van der Waals surface area contributed by atoms with Crippen molar-refractivity contribution in [3.63, 3.8) is 0 Å². The molecule has 100 valence electrons. The van der Waals surface area contributed by atoms with E-state index in [9.17, 15) is 9.59 Å². The Hall–Kier alpha value is -1.68. The highest BCUT2D eigenvalue weighted by Gasteiger charge is 2.34. The highest BCUT2D eigenvalue weighted by Crippen LogP contribution is 2.34. The van der Waals surface area contributed by atoms with Crippen molar-refractivity contribution in [1.29, 1.82) is 0 Å². The summed E-state index contributed by atoms with van der Waals surface area (Å²) in [5.41, 5.74) is 2.92. The molecule has 0 spiro atoms. The number of carbonyl (C=O) groups excluding carboxylic acids is 1. The molecular weight excluding hydrogens is 244 g/mol. The van der Waals surface area contributed by atoms with E-state index >= 15 is 0 Å². The standard InChI is InChI=1S/C15H16O4/c16-14(9-1-3-11(5-9)15(17)18)10-2-4-12-7-19-8-13(12)6-10/h2,4,6,9,11H,1,3,5,7-8H2,(H,17,18). The van der Waals surface area contributed by atoms with Gasteiger partial charge in [-0.15, -0.1) is 0 Å². The fourth-order valence-electron chi connectivity index (χ4n) is 3.00. The second kappa shape index (κ2) is 4.78. The van der Waals surface area contributed by atoms with E-state index in [-0.39, 0.29) is 17.6 Å². The number of carboxylic acid groups (broad SMARTS) is 1. The Morgan fingerprint density at radius 2 is 1.84 bits per heavy atom. The molecule has 1 N–H and O–H groups in total. The van der Waals surface area contributed by atoms with Gasteiger partial charge in [-0.2, -0.15) is 0 Å². The lowest BCUT2D eigenvalue weighted by molar-refractivity contribution is -0.141. The van der Waals surface area contributed by atoms with Gasteiger partial charge in [0.2, 0.25) is 0 Å². The minimum absolute atomic E-state index is 0.0819. The molecule has 2 atom stereocenters. The smallest absolute Gasteiger partial charge is 0.306 e. The normalized spacial score (nSPS) is 25.3. The number of carbonyl (C=O) groups is 2. The summed E-state index contributed by atoms with van der Waals surface area (Å²) in [6.45, 7) is 1.19. The van der Waals surface area contributed by atoms with Crippen LogP contribution in [0.4, 0.5) is 0 Å². The molecule has 0 bridgehead atoms. The van der Waals surface area contributed by atoms with Crippen LogP contribution in [0.25, 0.3) is 0 Å². The molecule has 19 heavy (non-hydrogen) atoms. The van der Waals surface area contributed by atoms with Crippen LogP contribution in [0.15, 0.2) is 18.2 Å². The predicted octanol–water partition coefficient (Wildman–Crippen LogP) is 2.40. The first-order chi connectivity index (χ1) is 9.15. The van der Waals surface area contributed by atoms with Crippen LogP contribution < -0.4 is 0 Å². The summed E-state index contributed by atoms with van der Waals surface area (Å²) in [6, 6.07) is 5.68. The Kier molecular flexibility index (Phi) is 3.11. The van der Waals surface area contributed by atoms with Gasteiger partial charge in [-0.25, -0.2) is 0 Å². The van der Waals surface area contributed by atoms with E-state index in [1.54, 1.807) is 0 Å². The van der Waals surface area contributed by atoms with Crippen molar-refractivity contribution in [2.24, 2.45) is 11.8 Å². The van der Waals surface area contributed by atoms with E-state index in [4.69, 9.17) is 9.84 Å². The van der Waals surface area contributed by atoms with Gasteiger partial charge in [0.15, 0.2) is 5.78 Å². The minimum atomic E-state index is -0.780. The van der Waals surface area contributed by atoms with Gasteiger partial charge in [-0.05, 0) is 36.5 Å². The van der Waals surface area contributed by atoms with Crippen molar-refractivity contribution in [3.8, 4) is 0 Å². The van der Waals surface area contributed by atoms with Crippen LogP contribution >= 0.6 is 0 Å². The third-order valence-corrected chi connectivity index (χ3v) is 4.16. The summed E-state index contributed by atoms with van der Waals surface area (Å²) in [5.74, 6) is -1.19. The molecule has 1 fully saturated rings. The number of hydrogen-bond donors (Lipinski definition) is 1. The van der Waals surface area contributed by atoms with Crippen LogP contribution in [0.5, 0.6) is 0 Å². The molecule has 1 aliphatic heterocycles. The number of carboxylic acids is 1. The minimum Gasteiger partial charge on any atom is -0.481 e. The first-order valence-electron chi connectivity index (χ1n) is 6.61. The zero-order chi connectivity index (χ0) is 13.4. The molecule has 0 saturated heterocycles. The van der Waals surface area contributed by atoms with Crippen molar-refractivity contribution in [1.82, 2.24) is 0 Å². The van der Waals surface area contributed by atoms with E-state index in [0.29, 0.717) is 38.0 Å². The van der Waals surface area contributed by atoms with E-state index < -0.39 is 5.97 Å². The van der Waals surface area contributed by atoms with Gasteiger partial charge in [0.1, 0.15) is 0 Å². The lowest BCUT2D eigenvalue weighted by Crippen LogP contribution is -2.15. The van der Waals surface area contributed by atoms with Crippen LogP contribution in [-0.2, 0) is 22.7 Å². The Morgan fingerprint density at radius 1 is 1.11 bits per heavy atom. The number of Topliss-reactive ketones (excluding diaryl/α,β-unsaturated/α-hetero) is 1. The molecule has 1 heterocycles. The van der Waals surface area contributed by atoms with Gasteiger partial charge in [0.05, 0.1) is 19.1 Å². The van der Waals surface area contributed by atoms with Gasteiger partial charge in [0, 0.05) is 11.5 Å². The Labute approximate surface area is 111 Å². The highest BCUT2D eigenvalue weighted by molar-refractivity contribution is 5.98. The molecule has 0 radical (unpaired) electrons. The molecule has 2 unspecified atom stereocenters. The molecule has 2 aliphatic rings.